The molecule has 1 aromatic rings. The molecule has 0 unspecified atom stereocenters. The normalized spacial score (nSPS) is 10.6. The van der Waals surface area contributed by atoms with Gasteiger partial charge < -0.3 is 10.5 Å². The number of methoxy groups -OCH3 is 1. The molecule has 15 heavy (non-hydrogen) atoms. The van der Waals surface area contributed by atoms with Crippen LogP contribution in [0.4, 0.5) is 0 Å². The molecule has 0 atom stereocenters. The van der Waals surface area contributed by atoms with Crippen molar-refractivity contribution in [1.82, 2.24) is 0 Å². The summed E-state index contributed by atoms with van der Waals surface area (Å²) in [6.45, 7) is 0. The van der Waals surface area contributed by atoms with Crippen LogP contribution in [0.5, 0.6) is 5.75 Å². The Labute approximate surface area is 97.4 Å². The van der Waals surface area contributed by atoms with Crippen LogP contribution in [-0.2, 0) is 4.79 Å². The van der Waals surface area contributed by atoms with E-state index in [-0.39, 0.29) is 0 Å². The Kier molecular flexibility index (Phi) is 4.00. The first-order chi connectivity index (χ1) is 7.04. The molecule has 0 spiro atoms. The van der Waals surface area contributed by atoms with Crippen molar-refractivity contribution in [1.29, 1.82) is 0 Å². The molecular weight excluding hydrogens is 237 g/mol. The van der Waals surface area contributed by atoms with E-state index in [4.69, 9.17) is 33.7 Å². The molecule has 80 valence electrons. The molecule has 1 aromatic carbocycles. The highest BCUT2D eigenvalue weighted by molar-refractivity contribution is 6.35. The van der Waals surface area contributed by atoms with Gasteiger partial charge in [-0.3, -0.25) is 4.79 Å². The quantitative estimate of drug-likeness (QED) is 0.833. The highest BCUT2D eigenvalue weighted by atomic mass is 35.5. The molecule has 0 aliphatic heterocycles. The SMILES string of the molecule is COc1c(Cl)cc(Cl)cc1/C=C/C(N)=O. The lowest BCUT2D eigenvalue weighted by molar-refractivity contribution is -0.113. The molecule has 0 aliphatic carbocycles. The van der Waals surface area contributed by atoms with Gasteiger partial charge >= 0.3 is 0 Å². The molecule has 0 fully saturated rings. The minimum Gasteiger partial charge on any atom is -0.495 e. The fourth-order valence-corrected chi connectivity index (χ4v) is 1.68. The monoisotopic (exact) mass is 245 g/mol. The third-order valence-electron chi connectivity index (χ3n) is 1.67. The van der Waals surface area contributed by atoms with Crippen molar-refractivity contribution in [3.05, 3.63) is 33.8 Å². The average molecular weight is 246 g/mol. The van der Waals surface area contributed by atoms with Crippen LogP contribution in [0.15, 0.2) is 18.2 Å². The Balaban J connectivity index is 3.20. The summed E-state index contributed by atoms with van der Waals surface area (Å²) >= 11 is 11.7. The summed E-state index contributed by atoms with van der Waals surface area (Å²) < 4.78 is 5.07. The van der Waals surface area contributed by atoms with Gasteiger partial charge in [0.25, 0.3) is 0 Å². The summed E-state index contributed by atoms with van der Waals surface area (Å²) in [5, 5.41) is 0.846. The van der Waals surface area contributed by atoms with E-state index in [0.29, 0.717) is 21.4 Å². The van der Waals surface area contributed by atoms with E-state index in [9.17, 15) is 4.79 Å². The van der Waals surface area contributed by atoms with E-state index >= 15 is 0 Å². The van der Waals surface area contributed by atoms with Crippen molar-refractivity contribution in [2.45, 2.75) is 0 Å². The molecule has 3 nitrogen and oxygen atoms in total. The summed E-state index contributed by atoms with van der Waals surface area (Å²) in [7, 11) is 1.48. The van der Waals surface area contributed by atoms with E-state index < -0.39 is 5.91 Å². The molecule has 0 aliphatic rings. The van der Waals surface area contributed by atoms with Crippen molar-refractivity contribution < 1.29 is 9.53 Å². The average Bonchev–Trinajstić information content (AvgIpc) is 2.13. The molecule has 1 rings (SSSR count). The minimum absolute atomic E-state index is 0.383. The molecule has 0 bridgehead atoms. The Morgan fingerprint density at radius 3 is 2.67 bits per heavy atom. The summed E-state index contributed by atoms with van der Waals surface area (Å²) in [5.41, 5.74) is 5.58. The predicted octanol–water partition coefficient (Wildman–Crippen LogP) is 2.50. The van der Waals surface area contributed by atoms with Gasteiger partial charge in [-0.15, -0.1) is 0 Å². The summed E-state index contributed by atoms with van der Waals surface area (Å²) in [5.74, 6) is -0.0910. The van der Waals surface area contributed by atoms with E-state index in [2.05, 4.69) is 0 Å². The molecule has 0 heterocycles. The second kappa shape index (κ2) is 5.05. The predicted molar refractivity (Wildman–Crippen MR) is 61.2 cm³/mol. The number of nitrogens with two attached hydrogens (primary N) is 1. The molecule has 0 saturated carbocycles. The Bertz CT molecular complexity index is 416. The van der Waals surface area contributed by atoms with Gasteiger partial charge in [0.1, 0.15) is 5.75 Å². The van der Waals surface area contributed by atoms with Gasteiger partial charge in [-0.1, -0.05) is 23.2 Å². The Morgan fingerprint density at radius 1 is 1.47 bits per heavy atom. The van der Waals surface area contributed by atoms with E-state index in [0.717, 1.165) is 0 Å². The number of carbonyl (C=O) groups is 1. The largest absolute Gasteiger partial charge is 0.495 e. The van der Waals surface area contributed by atoms with Gasteiger partial charge in [0, 0.05) is 16.7 Å². The van der Waals surface area contributed by atoms with Gasteiger partial charge in [0.15, 0.2) is 0 Å². The number of primary amides is 1. The number of hydrogen-bond acceptors (Lipinski definition) is 2. The van der Waals surface area contributed by atoms with Crippen LogP contribution in [0.2, 0.25) is 10.0 Å². The lowest BCUT2D eigenvalue weighted by Gasteiger charge is -2.07. The van der Waals surface area contributed by atoms with Crippen molar-refractivity contribution in [2.75, 3.05) is 7.11 Å². The first-order valence-electron chi connectivity index (χ1n) is 4.05. The Morgan fingerprint density at radius 2 is 2.13 bits per heavy atom. The van der Waals surface area contributed by atoms with Gasteiger partial charge in [0.2, 0.25) is 5.91 Å². The minimum atomic E-state index is -0.548. The number of carbonyl (C=O) groups excluding carboxylic acids is 1. The first kappa shape index (κ1) is 11.9. The van der Waals surface area contributed by atoms with Crippen molar-refractivity contribution >= 4 is 35.2 Å². The standard InChI is InChI=1S/C10H9Cl2NO2/c1-15-10-6(2-3-9(13)14)4-7(11)5-8(10)12/h2-5H,1H3,(H2,13,14)/b3-2+. The maximum Gasteiger partial charge on any atom is 0.241 e. The number of amides is 1. The highest BCUT2D eigenvalue weighted by Gasteiger charge is 2.07. The number of rotatable bonds is 3. The lowest BCUT2D eigenvalue weighted by atomic mass is 10.2. The summed E-state index contributed by atoms with van der Waals surface area (Å²) in [6, 6.07) is 3.19. The zero-order chi connectivity index (χ0) is 11.4. The van der Waals surface area contributed by atoms with Crippen molar-refractivity contribution in [2.24, 2.45) is 5.73 Å². The fourth-order valence-electron chi connectivity index (χ4n) is 1.09. The van der Waals surface area contributed by atoms with Crippen molar-refractivity contribution in [3.63, 3.8) is 0 Å². The van der Waals surface area contributed by atoms with Gasteiger partial charge in [0.05, 0.1) is 12.1 Å². The molecule has 5 heteroatoms. The topological polar surface area (TPSA) is 52.3 Å². The summed E-state index contributed by atoms with van der Waals surface area (Å²) in [4.78, 5) is 10.6. The number of ether oxygens (including phenoxy) is 1. The zero-order valence-electron chi connectivity index (χ0n) is 7.96. The van der Waals surface area contributed by atoms with Gasteiger partial charge in [-0.25, -0.2) is 0 Å². The lowest BCUT2D eigenvalue weighted by Crippen LogP contribution is -2.05. The van der Waals surface area contributed by atoms with Crippen LogP contribution in [0, 0.1) is 0 Å². The molecule has 0 saturated heterocycles. The molecule has 0 radical (unpaired) electrons. The van der Waals surface area contributed by atoms with Crippen LogP contribution in [0.25, 0.3) is 6.08 Å². The number of halogens is 2. The van der Waals surface area contributed by atoms with Gasteiger partial charge in [-0.2, -0.15) is 0 Å². The zero-order valence-corrected chi connectivity index (χ0v) is 9.47. The second-order valence-electron chi connectivity index (χ2n) is 2.75. The van der Waals surface area contributed by atoms with Crippen molar-refractivity contribution in [3.8, 4) is 5.75 Å². The Hall–Kier alpha value is -1.19. The maximum absolute atomic E-state index is 10.6. The first-order valence-corrected chi connectivity index (χ1v) is 4.80. The second-order valence-corrected chi connectivity index (χ2v) is 3.59. The molecule has 2 N–H and O–H groups in total. The molecular formula is C10H9Cl2NO2. The number of benzene rings is 1. The summed E-state index contributed by atoms with van der Waals surface area (Å²) in [6.07, 6.45) is 2.71. The van der Waals surface area contributed by atoms with E-state index in [1.807, 2.05) is 0 Å². The van der Waals surface area contributed by atoms with Crippen LogP contribution in [-0.4, -0.2) is 13.0 Å². The molecule has 1 amide bonds. The molecule has 0 aromatic heterocycles. The van der Waals surface area contributed by atoms with Crippen LogP contribution >= 0.6 is 23.2 Å². The maximum atomic E-state index is 10.6. The van der Waals surface area contributed by atoms with Crippen LogP contribution < -0.4 is 10.5 Å². The third-order valence-corrected chi connectivity index (χ3v) is 2.17. The van der Waals surface area contributed by atoms with E-state index in [1.165, 1.54) is 19.3 Å². The van der Waals surface area contributed by atoms with E-state index in [1.54, 1.807) is 12.1 Å². The highest BCUT2D eigenvalue weighted by Crippen LogP contribution is 2.32. The number of hydrogen-bond donors (Lipinski definition) is 1. The smallest absolute Gasteiger partial charge is 0.241 e. The van der Waals surface area contributed by atoms with Crippen LogP contribution in [0.3, 0.4) is 0 Å². The van der Waals surface area contributed by atoms with Gasteiger partial charge in [-0.05, 0) is 18.2 Å². The van der Waals surface area contributed by atoms with Crippen LogP contribution in [0.1, 0.15) is 5.56 Å². The third kappa shape index (κ3) is 3.15. The fraction of sp³-hybridized carbons (Fsp3) is 0.100.